The second-order valence-electron chi connectivity index (χ2n) is 1.16. The maximum atomic E-state index is 11.9. The molecule has 0 aromatic heterocycles. The molecule has 0 atom stereocenters. The molecule has 0 saturated heterocycles. The summed E-state index contributed by atoms with van der Waals surface area (Å²) in [5.74, 6) is -0.444. The average molecular weight is 101 g/mol. The number of hydrogen-bond acceptors (Lipinski definition) is 1. The Morgan fingerprint density at radius 1 is 1.86 bits per heavy atom. The molecule has 2 heteroatoms. The highest BCUT2D eigenvalue weighted by atomic mass is 19.1. The largest absolute Gasteiger partial charge is 0.397 e. The third-order valence-electron chi connectivity index (χ3n) is 0.560. The predicted molar refractivity (Wildman–Crippen MR) is 28.2 cm³/mol. The lowest BCUT2D eigenvalue weighted by Gasteiger charge is -1.87. The van der Waals surface area contributed by atoms with E-state index in [1.54, 1.807) is 6.92 Å². The van der Waals surface area contributed by atoms with Crippen LogP contribution in [0, 0.1) is 0 Å². The van der Waals surface area contributed by atoms with E-state index in [9.17, 15) is 4.39 Å². The Hall–Kier alpha value is -0.790. The Balaban J connectivity index is 3.82. The molecule has 0 heterocycles. The summed E-state index contributed by atoms with van der Waals surface area (Å²) in [6.07, 6.45) is 1.27. The number of nitrogens with two attached hydrogens (primary N) is 1. The van der Waals surface area contributed by atoms with Crippen molar-refractivity contribution in [3.8, 4) is 0 Å². The van der Waals surface area contributed by atoms with Crippen LogP contribution in [0.4, 0.5) is 4.39 Å². The number of allylic oxidation sites excluding steroid dienone is 2. The molecule has 0 fully saturated rings. The minimum absolute atomic E-state index is 0.0116. The lowest BCUT2D eigenvalue weighted by molar-refractivity contribution is 0.647. The predicted octanol–water partition coefficient (Wildman–Crippen LogP) is 1.33. The van der Waals surface area contributed by atoms with Crippen molar-refractivity contribution < 1.29 is 4.39 Å². The molecule has 0 amide bonds. The molecule has 40 valence electrons. The summed E-state index contributed by atoms with van der Waals surface area (Å²) in [7, 11) is 0. The van der Waals surface area contributed by atoms with Crippen LogP contribution in [0.1, 0.15) is 6.92 Å². The second kappa shape index (κ2) is 2.39. The highest BCUT2D eigenvalue weighted by molar-refractivity contribution is 5.16. The van der Waals surface area contributed by atoms with Crippen molar-refractivity contribution >= 4 is 0 Å². The quantitative estimate of drug-likeness (QED) is 0.495. The fourth-order valence-electron chi connectivity index (χ4n) is 0.185. The molecule has 0 aliphatic carbocycles. The lowest BCUT2D eigenvalue weighted by atomic mass is 10.4. The Morgan fingerprint density at radius 2 is 2.29 bits per heavy atom. The molecular formula is C5H8FN. The Bertz CT molecular complexity index is 105. The van der Waals surface area contributed by atoms with Gasteiger partial charge in [-0.2, -0.15) is 0 Å². The monoisotopic (exact) mass is 101 g/mol. The first-order valence-electron chi connectivity index (χ1n) is 1.95. The van der Waals surface area contributed by atoms with E-state index in [4.69, 9.17) is 5.73 Å². The third-order valence-corrected chi connectivity index (χ3v) is 0.560. The Kier molecular flexibility index (Phi) is 2.12. The zero-order valence-electron chi connectivity index (χ0n) is 4.24. The number of rotatable bonds is 1. The van der Waals surface area contributed by atoms with Crippen molar-refractivity contribution in [2.45, 2.75) is 6.92 Å². The maximum absolute atomic E-state index is 11.9. The van der Waals surface area contributed by atoms with Crippen LogP contribution < -0.4 is 5.73 Å². The fourth-order valence-corrected chi connectivity index (χ4v) is 0.185. The van der Waals surface area contributed by atoms with E-state index < -0.39 is 5.83 Å². The normalized spacial score (nSPS) is 11.4. The molecule has 0 saturated carbocycles. The summed E-state index contributed by atoms with van der Waals surface area (Å²) in [5, 5.41) is 0. The van der Waals surface area contributed by atoms with Crippen molar-refractivity contribution in [1.29, 1.82) is 0 Å². The summed E-state index contributed by atoms with van der Waals surface area (Å²) < 4.78 is 11.9. The molecule has 0 rings (SSSR count). The van der Waals surface area contributed by atoms with Crippen molar-refractivity contribution in [2.75, 3.05) is 0 Å². The standard InChI is InChI=1S/C5H8FN/c1-3-5(6)4(2)7/h3H,2,7H2,1H3/b5-3+. The summed E-state index contributed by atoms with van der Waals surface area (Å²) in [5.41, 5.74) is 4.90. The highest BCUT2D eigenvalue weighted by Crippen LogP contribution is 1.99. The van der Waals surface area contributed by atoms with Crippen molar-refractivity contribution in [3.05, 3.63) is 24.2 Å². The molecule has 0 bridgehead atoms. The van der Waals surface area contributed by atoms with Gasteiger partial charge in [-0.05, 0) is 13.0 Å². The van der Waals surface area contributed by atoms with Gasteiger partial charge in [0.05, 0.1) is 5.70 Å². The summed E-state index contributed by atoms with van der Waals surface area (Å²) >= 11 is 0. The van der Waals surface area contributed by atoms with Crippen LogP contribution in [0.5, 0.6) is 0 Å². The maximum Gasteiger partial charge on any atom is 0.141 e. The summed E-state index contributed by atoms with van der Waals surface area (Å²) in [6, 6.07) is 0. The van der Waals surface area contributed by atoms with Crippen LogP contribution in [0.15, 0.2) is 24.2 Å². The Morgan fingerprint density at radius 3 is 2.29 bits per heavy atom. The minimum atomic E-state index is -0.444. The van der Waals surface area contributed by atoms with Gasteiger partial charge < -0.3 is 5.73 Å². The van der Waals surface area contributed by atoms with Gasteiger partial charge in [0.1, 0.15) is 5.83 Å². The molecule has 0 unspecified atom stereocenters. The zero-order valence-corrected chi connectivity index (χ0v) is 4.24. The third kappa shape index (κ3) is 1.98. The van der Waals surface area contributed by atoms with Gasteiger partial charge in [0.25, 0.3) is 0 Å². The van der Waals surface area contributed by atoms with Gasteiger partial charge in [0, 0.05) is 0 Å². The highest BCUT2D eigenvalue weighted by Gasteiger charge is 1.88. The SMILES string of the molecule is C=C(N)/C(F)=C\C. The summed E-state index contributed by atoms with van der Waals surface area (Å²) in [6.45, 7) is 4.72. The van der Waals surface area contributed by atoms with Crippen LogP contribution in [-0.2, 0) is 0 Å². The van der Waals surface area contributed by atoms with Gasteiger partial charge in [-0.1, -0.05) is 6.58 Å². The van der Waals surface area contributed by atoms with E-state index in [0.29, 0.717) is 0 Å². The first kappa shape index (κ1) is 6.21. The zero-order chi connectivity index (χ0) is 5.86. The molecule has 2 N–H and O–H groups in total. The fraction of sp³-hybridized carbons (Fsp3) is 0.200. The first-order valence-corrected chi connectivity index (χ1v) is 1.95. The molecule has 7 heavy (non-hydrogen) atoms. The van der Waals surface area contributed by atoms with Gasteiger partial charge >= 0.3 is 0 Å². The average Bonchev–Trinajstić information content (AvgIpc) is 1.65. The van der Waals surface area contributed by atoms with E-state index in [1.165, 1.54) is 6.08 Å². The summed E-state index contributed by atoms with van der Waals surface area (Å²) in [4.78, 5) is 0. The molecule has 0 aromatic carbocycles. The molecule has 0 aliphatic heterocycles. The van der Waals surface area contributed by atoms with Crippen LogP contribution in [-0.4, -0.2) is 0 Å². The van der Waals surface area contributed by atoms with Gasteiger partial charge in [-0.15, -0.1) is 0 Å². The van der Waals surface area contributed by atoms with E-state index in [2.05, 4.69) is 6.58 Å². The lowest BCUT2D eigenvalue weighted by Crippen LogP contribution is -1.93. The molecule has 1 nitrogen and oxygen atoms in total. The van der Waals surface area contributed by atoms with Gasteiger partial charge in [-0.3, -0.25) is 0 Å². The van der Waals surface area contributed by atoms with E-state index in [0.717, 1.165) is 0 Å². The number of hydrogen-bond donors (Lipinski definition) is 1. The van der Waals surface area contributed by atoms with E-state index in [-0.39, 0.29) is 5.70 Å². The minimum Gasteiger partial charge on any atom is -0.397 e. The van der Waals surface area contributed by atoms with Gasteiger partial charge in [0.15, 0.2) is 0 Å². The van der Waals surface area contributed by atoms with E-state index >= 15 is 0 Å². The van der Waals surface area contributed by atoms with Gasteiger partial charge in [0.2, 0.25) is 0 Å². The molecule has 0 spiro atoms. The Labute approximate surface area is 42.3 Å². The number of halogens is 1. The van der Waals surface area contributed by atoms with Crippen molar-refractivity contribution in [2.24, 2.45) is 5.73 Å². The van der Waals surface area contributed by atoms with Crippen molar-refractivity contribution in [1.82, 2.24) is 0 Å². The van der Waals surface area contributed by atoms with Crippen molar-refractivity contribution in [3.63, 3.8) is 0 Å². The van der Waals surface area contributed by atoms with Crippen LogP contribution in [0.2, 0.25) is 0 Å². The molecular weight excluding hydrogens is 93.1 g/mol. The smallest absolute Gasteiger partial charge is 0.141 e. The van der Waals surface area contributed by atoms with Crippen LogP contribution >= 0.6 is 0 Å². The molecule has 0 aromatic rings. The van der Waals surface area contributed by atoms with Crippen LogP contribution in [0.25, 0.3) is 0 Å². The second-order valence-corrected chi connectivity index (χ2v) is 1.16. The topological polar surface area (TPSA) is 26.0 Å². The first-order chi connectivity index (χ1) is 3.18. The van der Waals surface area contributed by atoms with Gasteiger partial charge in [-0.25, -0.2) is 4.39 Å². The van der Waals surface area contributed by atoms with E-state index in [1.807, 2.05) is 0 Å². The van der Waals surface area contributed by atoms with Crippen LogP contribution in [0.3, 0.4) is 0 Å². The molecule has 0 aliphatic rings. The molecule has 0 radical (unpaired) electrons.